The second kappa shape index (κ2) is 4.72. The van der Waals surface area contributed by atoms with E-state index in [0.717, 1.165) is 4.90 Å². The topological polar surface area (TPSA) is 46.1 Å². The molecule has 1 amide bonds. The van der Waals surface area contributed by atoms with Crippen LogP contribution < -0.4 is 4.90 Å². The molecule has 0 aromatic carbocycles. The number of carbonyl (C=O) groups excluding carboxylic acids is 1. The molecule has 0 saturated heterocycles. The van der Waals surface area contributed by atoms with E-state index in [9.17, 15) is 18.0 Å². The SMILES string of the molecule is CN(C(=O)C(Cl)Cl)c1nnc(C(F)(F)F)s1. The van der Waals surface area contributed by atoms with Gasteiger partial charge in [-0.15, -0.1) is 10.2 Å². The van der Waals surface area contributed by atoms with E-state index in [1.165, 1.54) is 7.05 Å². The summed E-state index contributed by atoms with van der Waals surface area (Å²) < 4.78 is 36.5. The lowest BCUT2D eigenvalue weighted by atomic mass is 10.6. The van der Waals surface area contributed by atoms with Crippen molar-refractivity contribution in [2.45, 2.75) is 11.0 Å². The summed E-state index contributed by atoms with van der Waals surface area (Å²) in [6.07, 6.45) is -4.58. The molecule has 0 fully saturated rings. The summed E-state index contributed by atoms with van der Waals surface area (Å²) in [6, 6.07) is 0. The number of alkyl halides is 5. The number of hydrogen-bond donors (Lipinski definition) is 0. The molecule has 4 nitrogen and oxygen atoms in total. The zero-order valence-corrected chi connectivity index (χ0v) is 9.95. The first kappa shape index (κ1) is 13.5. The van der Waals surface area contributed by atoms with Crippen LogP contribution in [-0.4, -0.2) is 28.0 Å². The van der Waals surface area contributed by atoms with Crippen LogP contribution in [0.4, 0.5) is 18.3 Å². The van der Waals surface area contributed by atoms with Crippen LogP contribution >= 0.6 is 34.5 Å². The third kappa shape index (κ3) is 2.96. The Balaban J connectivity index is 2.90. The van der Waals surface area contributed by atoms with Crippen molar-refractivity contribution in [3.8, 4) is 0 Å². The van der Waals surface area contributed by atoms with Gasteiger partial charge in [0.15, 0.2) is 4.84 Å². The lowest BCUT2D eigenvalue weighted by Gasteiger charge is -2.12. The molecule has 1 aromatic rings. The average molecular weight is 294 g/mol. The fourth-order valence-corrected chi connectivity index (χ4v) is 1.68. The highest BCUT2D eigenvalue weighted by Crippen LogP contribution is 2.34. The monoisotopic (exact) mass is 293 g/mol. The normalized spacial score (nSPS) is 11.9. The molecule has 0 radical (unpaired) electrons. The Labute approximate surface area is 102 Å². The van der Waals surface area contributed by atoms with Gasteiger partial charge in [0.1, 0.15) is 0 Å². The van der Waals surface area contributed by atoms with Crippen molar-refractivity contribution in [3.05, 3.63) is 5.01 Å². The van der Waals surface area contributed by atoms with Gasteiger partial charge in [-0.1, -0.05) is 34.5 Å². The van der Waals surface area contributed by atoms with Crippen LogP contribution in [0.15, 0.2) is 0 Å². The molecule has 16 heavy (non-hydrogen) atoms. The molecule has 0 unspecified atom stereocenters. The van der Waals surface area contributed by atoms with Crippen molar-refractivity contribution in [2.75, 3.05) is 11.9 Å². The summed E-state index contributed by atoms with van der Waals surface area (Å²) in [4.78, 5) is 10.7. The van der Waals surface area contributed by atoms with E-state index in [4.69, 9.17) is 23.2 Å². The van der Waals surface area contributed by atoms with Gasteiger partial charge in [-0.05, 0) is 0 Å². The average Bonchev–Trinajstić information content (AvgIpc) is 2.63. The van der Waals surface area contributed by atoms with Gasteiger partial charge in [0, 0.05) is 7.05 Å². The van der Waals surface area contributed by atoms with Crippen molar-refractivity contribution >= 4 is 45.6 Å². The third-order valence-electron chi connectivity index (χ3n) is 1.46. The van der Waals surface area contributed by atoms with Gasteiger partial charge in [-0.2, -0.15) is 13.2 Å². The number of nitrogens with zero attached hydrogens (tertiary/aromatic N) is 3. The van der Waals surface area contributed by atoms with Crippen LogP contribution in [0.25, 0.3) is 0 Å². The maximum atomic E-state index is 12.2. The van der Waals surface area contributed by atoms with E-state index in [0.29, 0.717) is 0 Å². The Morgan fingerprint density at radius 2 is 2.00 bits per heavy atom. The van der Waals surface area contributed by atoms with E-state index in [2.05, 4.69) is 10.2 Å². The van der Waals surface area contributed by atoms with Crippen LogP contribution in [0.3, 0.4) is 0 Å². The van der Waals surface area contributed by atoms with Crippen molar-refractivity contribution in [2.24, 2.45) is 0 Å². The molecule has 10 heteroatoms. The molecule has 0 aliphatic carbocycles. The highest BCUT2D eigenvalue weighted by atomic mass is 35.5. The molecule has 0 aliphatic heterocycles. The van der Waals surface area contributed by atoms with Gasteiger partial charge in [0.05, 0.1) is 0 Å². The van der Waals surface area contributed by atoms with Crippen LogP contribution in [0.5, 0.6) is 0 Å². The van der Waals surface area contributed by atoms with Crippen molar-refractivity contribution in [1.29, 1.82) is 0 Å². The minimum absolute atomic E-state index is 0.219. The van der Waals surface area contributed by atoms with E-state index < -0.39 is 21.9 Å². The van der Waals surface area contributed by atoms with Crippen LogP contribution in [-0.2, 0) is 11.0 Å². The second-order valence-corrected chi connectivity index (χ2v) is 4.64. The quantitative estimate of drug-likeness (QED) is 0.786. The number of halogens is 5. The summed E-state index contributed by atoms with van der Waals surface area (Å²) >= 11 is 10.8. The number of hydrogen-bond acceptors (Lipinski definition) is 4. The molecule has 90 valence electrons. The first-order valence-corrected chi connectivity index (χ1v) is 5.39. The van der Waals surface area contributed by atoms with Crippen LogP contribution in [0.1, 0.15) is 5.01 Å². The molecular formula is C6H4Cl2F3N3OS. The fraction of sp³-hybridized carbons (Fsp3) is 0.500. The molecule has 0 aliphatic rings. The molecule has 1 heterocycles. The fourth-order valence-electron chi connectivity index (χ4n) is 0.706. The Morgan fingerprint density at radius 3 is 2.38 bits per heavy atom. The number of amides is 1. The predicted octanol–water partition coefficient (Wildman–Crippen LogP) is 2.32. The summed E-state index contributed by atoms with van der Waals surface area (Å²) in [5.41, 5.74) is 0. The molecule has 0 bridgehead atoms. The lowest BCUT2D eigenvalue weighted by molar-refractivity contribution is -0.138. The Bertz CT molecular complexity index is 395. The Kier molecular flexibility index (Phi) is 3.97. The first-order chi connectivity index (χ1) is 7.23. The predicted molar refractivity (Wildman–Crippen MR) is 53.8 cm³/mol. The van der Waals surface area contributed by atoms with Gasteiger partial charge in [0.2, 0.25) is 10.1 Å². The number of rotatable bonds is 2. The van der Waals surface area contributed by atoms with Gasteiger partial charge >= 0.3 is 6.18 Å². The summed E-state index contributed by atoms with van der Waals surface area (Å²) in [5, 5.41) is 4.78. The highest BCUT2D eigenvalue weighted by Gasteiger charge is 2.36. The number of carbonyl (C=O) groups is 1. The van der Waals surface area contributed by atoms with E-state index in [1.54, 1.807) is 0 Å². The van der Waals surface area contributed by atoms with Crippen molar-refractivity contribution in [3.63, 3.8) is 0 Å². The third-order valence-corrected chi connectivity index (χ3v) is 2.88. The first-order valence-electron chi connectivity index (χ1n) is 3.70. The molecule has 1 aromatic heterocycles. The molecular weight excluding hydrogens is 290 g/mol. The van der Waals surface area contributed by atoms with Crippen LogP contribution in [0, 0.1) is 0 Å². The minimum atomic E-state index is -4.58. The van der Waals surface area contributed by atoms with E-state index in [1.807, 2.05) is 0 Å². The van der Waals surface area contributed by atoms with Gasteiger partial charge in [-0.25, -0.2) is 0 Å². The van der Waals surface area contributed by atoms with Crippen LogP contribution in [0.2, 0.25) is 0 Å². The molecule has 0 saturated carbocycles. The lowest BCUT2D eigenvalue weighted by Crippen LogP contribution is -2.30. The van der Waals surface area contributed by atoms with Crippen molar-refractivity contribution < 1.29 is 18.0 Å². The highest BCUT2D eigenvalue weighted by molar-refractivity contribution is 7.15. The molecule has 0 atom stereocenters. The van der Waals surface area contributed by atoms with Crippen molar-refractivity contribution in [1.82, 2.24) is 10.2 Å². The summed E-state index contributed by atoms with van der Waals surface area (Å²) in [6.45, 7) is 0. The van der Waals surface area contributed by atoms with Gasteiger partial charge in [-0.3, -0.25) is 9.69 Å². The smallest absolute Gasteiger partial charge is 0.287 e. The second-order valence-electron chi connectivity index (χ2n) is 2.59. The number of anilines is 1. The maximum Gasteiger partial charge on any atom is 0.445 e. The minimum Gasteiger partial charge on any atom is -0.287 e. The summed E-state index contributed by atoms with van der Waals surface area (Å²) in [5.74, 6) is -0.770. The standard InChI is InChI=1S/C6H4Cl2F3N3OS/c1-14(3(15)2(7)8)5-13-12-4(16-5)6(9,10)11/h2H,1H3. The Hall–Kier alpha value is -0.600. The largest absolute Gasteiger partial charge is 0.445 e. The van der Waals surface area contributed by atoms with E-state index >= 15 is 0 Å². The van der Waals surface area contributed by atoms with Gasteiger partial charge in [0.25, 0.3) is 5.91 Å². The van der Waals surface area contributed by atoms with E-state index in [-0.39, 0.29) is 16.5 Å². The van der Waals surface area contributed by atoms with Gasteiger partial charge < -0.3 is 0 Å². The Morgan fingerprint density at radius 1 is 1.44 bits per heavy atom. The molecule has 0 N–H and O–H groups in total. The zero-order valence-electron chi connectivity index (χ0n) is 7.63. The molecule has 0 spiro atoms. The molecule has 1 rings (SSSR count). The maximum absolute atomic E-state index is 12.2. The summed E-state index contributed by atoms with van der Waals surface area (Å²) in [7, 11) is 1.21. The number of aromatic nitrogens is 2. The zero-order chi connectivity index (χ0) is 12.5.